The molecule has 0 bridgehead atoms. The van der Waals surface area contributed by atoms with E-state index in [4.69, 9.17) is 19.0 Å². The van der Waals surface area contributed by atoms with Gasteiger partial charge in [-0.25, -0.2) is 4.98 Å². The molecule has 0 spiro atoms. The molecule has 3 heterocycles. The van der Waals surface area contributed by atoms with Gasteiger partial charge in [-0.3, -0.25) is 9.36 Å². The van der Waals surface area contributed by atoms with Crippen LogP contribution in [0.4, 0.5) is 0 Å². The Morgan fingerprint density at radius 1 is 1.00 bits per heavy atom. The first-order chi connectivity index (χ1) is 17.6. The molecular formula is C27H22N4O4S. The first kappa shape index (κ1) is 22.4. The molecule has 9 heteroatoms. The molecule has 0 saturated carbocycles. The molecule has 0 atom stereocenters. The van der Waals surface area contributed by atoms with E-state index in [9.17, 15) is 4.79 Å². The molecule has 8 nitrogen and oxygen atoms in total. The number of hydrogen-bond donors (Lipinski definition) is 0. The second-order valence-electron chi connectivity index (χ2n) is 8.45. The SMILES string of the molecule is CCc1ccc(-c2noc(CSc3nc4cc5c(cc4c(=O)n3-c3cccc(C)c3)OCO5)n2)cc1. The maximum absolute atomic E-state index is 13.7. The lowest BCUT2D eigenvalue weighted by molar-refractivity contribution is 0.174. The van der Waals surface area contributed by atoms with Crippen molar-refractivity contribution in [3.63, 3.8) is 0 Å². The standard InChI is InChI=1S/C27H22N4O4S/c1-3-17-7-9-18(10-8-17)25-29-24(35-30-25)14-36-27-28-21-13-23-22(33-15-34-23)12-20(21)26(32)31(27)19-6-4-5-16(2)11-19/h4-13H,3,14-15H2,1-2H3. The quantitative estimate of drug-likeness (QED) is 0.229. The van der Waals surface area contributed by atoms with Crippen molar-refractivity contribution < 1.29 is 14.0 Å². The van der Waals surface area contributed by atoms with Crippen LogP contribution in [0.15, 0.2) is 75.1 Å². The van der Waals surface area contributed by atoms with E-state index in [2.05, 4.69) is 29.2 Å². The van der Waals surface area contributed by atoms with E-state index in [0.717, 1.165) is 23.2 Å². The minimum absolute atomic E-state index is 0.125. The minimum Gasteiger partial charge on any atom is -0.454 e. The number of benzene rings is 3. The smallest absolute Gasteiger partial charge is 0.266 e. The zero-order chi connectivity index (χ0) is 24.6. The molecule has 0 saturated heterocycles. The van der Waals surface area contributed by atoms with Crippen molar-refractivity contribution >= 4 is 22.7 Å². The lowest BCUT2D eigenvalue weighted by Gasteiger charge is -2.13. The third-order valence-corrected chi connectivity index (χ3v) is 6.93. The average Bonchev–Trinajstić information content (AvgIpc) is 3.56. The summed E-state index contributed by atoms with van der Waals surface area (Å²) in [5.74, 6) is 2.46. The molecule has 0 radical (unpaired) electrons. The molecule has 1 aliphatic rings. The second kappa shape index (κ2) is 9.16. The second-order valence-corrected chi connectivity index (χ2v) is 9.39. The van der Waals surface area contributed by atoms with Crippen LogP contribution in [-0.4, -0.2) is 26.5 Å². The highest BCUT2D eigenvalue weighted by molar-refractivity contribution is 7.98. The zero-order valence-corrected chi connectivity index (χ0v) is 20.5. The fraction of sp³-hybridized carbons (Fsp3) is 0.185. The lowest BCUT2D eigenvalue weighted by atomic mass is 10.1. The van der Waals surface area contributed by atoms with Crippen molar-refractivity contribution in [1.82, 2.24) is 19.7 Å². The number of rotatable bonds is 6. The van der Waals surface area contributed by atoms with Gasteiger partial charge in [0, 0.05) is 11.6 Å². The molecule has 1 aliphatic heterocycles. The number of aromatic nitrogens is 4. The number of fused-ring (bicyclic) bond motifs is 2. The Morgan fingerprint density at radius 3 is 2.58 bits per heavy atom. The Morgan fingerprint density at radius 2 is 1.81 bits per heavy atom. The van der Waals surface area contributed by atoms with Crippen LogP contribution in [0.25, 0.3) is 28.0 Å². The maximum Gasteiger partial charge on any atom is 0.266 e. The van der Waals surface area contributed by atoms with Crippen LogP contribution in [0.1, 0.15) is 23.9 Å². The lowest BCUT2D eigenvalue weighted by Crippen LogP contribution is -2.22. The zero-order valence-electron chi connectivity index (χ0n) is 19.7. The maximum atomic E-state index is 13.7. The highest BCUT2D eigenvalue weighted by Gasteiger charge is 2.20. The van der Waals surface area contributed by atoms with Crippen molar-refractivity contribution in [3.05, 3.63) is 88.0 Å². The number of nitrogens with zero attached hydrogens (tertiary/aromatic N) is 4. The minimum atomic E-state index is -0.186. The molecule has 5 aromatic rings. The molecule has 2 aromatic heterocycles. The van der Waals surface area contributed by atoms with Gasteiger partial charge in [0.25, 0.3) is 5.56 Å². The normalized spacial score (nSPS) is 12.4. The monoisotopic (exact) mass is 498 g/mol. The molecular weight excluding hydrogens is 476 g/mol. The van der Waals surface area contributed by atoms with Gasteiger partial charge in [-0.1, -0.05) is 60.2 Å². The van der Waals surface area contributed by atoms with Crippen LogP contribution in [0, 0.1) is 6.92 Å². The Bertz CT molecular complexity index is 1640. The van der Waals surface area contributed by atoms with Gasteiger partial charge in [0.2, 0.25) is 18.5 Å². The Balaban J connectivity index is 1.37. The largest absolute Gasteiger partial charge is 0.454 e. The van der Waals surface area contributed by atoms with E-state index in [-0.39, 0.29) is 12.4 Å². The summed E-state index contributed by atoms with van der Waals surface area (Å²) in [4.78, 5) is 23.0. The van der Waals surface area contributed by atoms with E-state index >= 15 is 0 Å². The van der Waals surface area contributed by atoms with Gasteiger partial charge in [-0.2, -0.15) is 4.98 Å². The molecule has 0 unspecified atom stereocenters. The van der Waals surface area contributed by atoms with Crippen molar-refractivity contribution in [2.24, 2.45) is 0 Å². The van der Waals surface area contributed by atoms with Crippen molar-refractivity contribution in [2.45, 2.75) is 31.2 Å². The summed E-state index contributed by atoms with van der Waals surface area (Å²) in [5.41, 5.74) is 4.26. The molecule has 0 aliphatic carbocycles. The highest BCUT2D eigenvalue weighted by atomic mass is 32.2. The summed E-state index contributed by atoms with van der Waals surface area (Å²) in [7, 11) is 0. The Hall–Kier alpha value is -4.11. The van der Waals surface area contributed by atoms with Crippen LogP contribution < -0.4 is 15.0 Å². The topological polar surface area (TPSA) is 92.3 Å². The van der Waals surface area contributed by atoms with Gasteiger partial charge >= 0.3 is 0 Å². The predicted octanol–water partition coefficient (Wildman–Crippen LogP) is 5.33. The van der Waals surface area contributed by atoms with E-state index in [1.807, 2.05) is 43.3 Å². The van der Waals surface area contributed by atoms with Crippen molar-refractivity contribution in [3.8, 4) is 28.6 Å². The van der Waals surface area contributed by atoms with Gasteiger partial charge in [-0.15, -0.1) is 0 Å². The summed E-state index contributed by atoms with van der Waals surface area (Å²) < 4.78 is 18.1. The van der Waals surface area contributed by atoms with Gasteiger partial charge in [0.1, 0.15) is 0 Å². The molecule has 36 heavy (non-hydrogen) atoms. The molecule has 0 fully saturated rings. The van der Waals surface area contributed by atoms with Crippen LogP contribution >= 0.6 is 11.8 Å². The number of aryl methyl sites for hydroxylation is 2. The highest BCUT2D eigenvalue weighted by Crippen LogP contribution is 2.35. The molecule has 180 valence electrons. The van der Waals surface area contributed by atoms with E-state index in [1.54, 1.807) is 16.7 Å². The Kier molecular flexibility index (Phi) is 5.69. The van der Waals surface area contributed by atoms with Crippen LogP contribution in [0.3, 0.4) is 0 Å². The first-order valence-electron chi connectivity index (χ1n) is 11.6. The predicted molar refractivity (Wildman–Crippen MR) is 137 cm³/mol. The molecule has 3 aromatic carbocycles. The molecule has 6 rings (SSSR count). The van der Waals surface area contributed by atoms with Gasteiger partial charge in [0.05, 0.1) is 22.3 Å². The van der Waals surface area contributed by atoms with Gasteiger partial charge in [0.15, 0.2) is 16.7 Å². The summed E-state index contributed by atoms with van der Waals surface area (Å²) in [5, 5.41) is 5.11. The van der Waals surface area contributed by atoms with Gasteiger partial charge in [-0.05, 0) is 42.7 Å². The average molecular weight is 499 g/mol. The summed E-state index contributed by atoms with van der Waals surface area (Å²) in [6.45, 7) is 4.23. The Labute approximate surface area is 210 Å². The number of ether oxygens (including phenoxy) is 2. The number of hydrogen-bond acceptors (Lipinski definition) is 8. The summed E-state index contributed by atoms with van der Waals surface area (Å²) in [6, 6.07) is 19.3. The first-order valence-corrected chi connectivity index (χ1v) is 12.6. The number of thioether (sulfide) groups is 1. The van der Waals surface area contributed by atoms with E-state index in [0.29, 0.717) is 45.0 Å². The van der Waals surface area contributed by atoms with Crippen molar-refractivity contribution in [2.75, 3.05) is 6.79 Å². The van der Waals surface area contributed by atoms with E-state index in [1.165, 1.54) is 17.3 Å². The summed E-state index contributed by atoms with van der Waals surface area (Å²) in [6.07, 6.45) is 0.970. The van der Waals surface area contributed by atoms with Crippen LogP contribution in [-0.2, 0) is 12.2 Å². The van der Waals surface area contributed by atoms with Crippen molar-refractivity contribution in [1.29, 1.82) is 0 Å². The third-order valence-electron chi connectivity index (χ3n) is 6.00. The van der Waals surface area contributed by atoms with Crippen LogP contribution in [0.5, 0.6) is 11.5 Å². The fourth-order valence-corrected chi connectivity index (χ4v) is 4.94. The van der Waals surface area contributed by atoms with Gasteiger partial charge < -0.3 is 14.0 Å². The molecule has 0 amide bonds. The van der Waals surface area contributed by atoms with E-state index < -0.39 is 0 Å². The fourth-order valence-electron chi connectivity index (χ4n) is 4.09. The third kappa shape index (κ3) is 4.11. The molecule has 0 N–H and O–H groups in total. The van der Waals surface area contributed by atoms with Crippen LogP contribution in [0.2, 0.25) is 0 Å². The summed E-state index contributed by atoms with van der Waals surface area (Å²) >= 11 is 1.36.